The van der Waals surface area contributed by atoms with Gasteiger partial charge in [0.05, 0.1) is 6.04 Å². The van der Waals surface area contributed by atoms with Crippen LogP contribution in [0, 0.1) is 0 Å². The van der Waals surface area contributed by atoms with Gasteiger partial charge in [0.15, 0.2) is 0 Å². The van der Waals surface area contributed by atoms with Crippen molar-refractivity contribution in [2.45, 2.75) is 38.8 Å². The molecule has 1 fully saturated rings. The lowest BCUT2D eigenvalue weighted by Crippen LogP contribution is -2.42. The first-order chi connectivity index (χ1) is 15.0. The zero-order chi connectivity index (χ0) is 21.8. The molecule has 0 aliphatic carbocycles. The van der Waals surface area contributed by atoms with Crippen LogP contribution in [-0.2, 0) is 0 Å². The van der Waals surface area contributed by atoms with Crippen molar-refractivity contribution in [2.24, 2.45) is 0 Å². The topological polar surface area (TPSA) is 103 Å². The number of carbonyl (C=O) groups is 1. The molecule has 31 heavy (non-hydrogen) atoms. The summed E-state index contributed by atoms with van der Waals surface area (Å²) >= 11 is 0. The number of rotatable bonds is 5. The third-order valence-corrected chi connectivity index (χ3v) is 5.18. The van der Waals surface area contributed by atoms with Gasteiger partial charge in [-0.1, -0.05) is 0 Å². The molecule has 1 saturated heterocycles. The highest BCUT2D eigenvalue weighted by Crippen LogP contribution is 2.20. The van der Waals surface area contributed by atoms with Gasteiger partial charge in [-0.15, -0.1) is 0 Å². The molecule has 1 aliphatic rings. The first-order valence-electron chi connectivity index (χ1n) is 10.3. The van der Waals surface area contributed by atoms with Crippen molar-refractivity contribution in [2.75, 3.05) is 13.1 Å². The SMILES string of the molecule is CC(C)n1nc(C(=O)N2CCC(Oc3ncc(-c4ccncc4)cn3)CC2)ccc1=O. The van der Waals surface area contributed by atoms with Crippen LogP contribution in [0.3, 0.4) is 0 Å². The summed E-state index contributed by atoms with van der Waals surface area (Å²) < 4.78 is 7.24. The van der Waals surface area contributed by atoms with Crippen LogP contribution in [0.25, 0.3) is 11.1 Å². The molecule has 0 N–H and O–H groups in total. The second-order valence-corrected chi connectivity index (χ2v) is 7.69. The van der Waals surface area contributed by atoms with Gasteiger partial charge in [-0.2, -0.15) is 5.10 Å². The lowest BCUT2D eigenvalue weighted by Gasteiger charge is -2.31. The predicted octanol–water partition coefficient (Wildman–Crippen LogP) is 2.36. The van der Waals surface area contributed by atoms with E-state index in [2.05, 4.69) is 20.1 Å². The Kier molecular flexibility index (Phi) is 6.01. The smallest absolute Gasteiger partial charge is 0.316 e. The molecule has 0 spiro atoms. The number of likely N-dealkylation sites (tertiary alicyclic amines) is 1. The number of piperidine rings is 1. The van der Waals surface area contributed by atoms with Crippen LogP contribution in [0.1, 0.15) is 43.2 Å². The molecule has 0 saturated carbocycles. The summed E-state index contributed by atoms with van der Waals surface area (Å²) in [4.78, 5) is 39.0. The van der Waals surface area contributed by atoms with Crippen LogP contribution in [0.2, 0.25) is 0 Å². The molecule has 4 heterocycles. The van der Waals surface area contributed by atoms with Gasteiger partial charge >= 0.3 is 6.01 Å². The number of hydrogen-bond donors (Lipinski definition) is 0. The van der Waals surface area contributed by atoms with E-state index in [9.17, 15) is 9.59 Å². The van der Waals surface area contributed by atoms with Crippen LogP contribution in [-0.4, -0.2) is 54.7 Å². The van der Waals surface area contributed by atoms with Crippen LogP contribution in [0.5, 0.6) is 6.01 Å². The van der Waals surface area contributed by atoms with E-state index in [1.165, 1.54) is 16.8 Å². The fraction of sp³-hybridized carbons (Fsp3) is 0.364. The molecule has 4 rings (SSSR count). The van der Waals surface area contributed by atoms with Crippen LogP contribution < -0.4 is 10.3 Å². The first kappa shape index (κ1) is 20.6. The molecular formula is C22H24N6O3. The molecule has 0 atom stereocenters. The highest BCUT2D eigenvalue weighted by Gasteiger charge is 2.26. The first-order valence-corrected chi connectivity index (χ1v) is 10.3. The van der Waals surface area contributed by atoms with Crippen molar-refractivity contribution >= 4 is 5.91 Å². The summed E-state index contributed by atoms with van der Waals surface area (Å²) in [6.07, 6.45) is 8.19. The second kappa shape index (κ2) is 9.03. The Bertz CT molecular complexity index is 1090. The molecule has 160 valence electrons. The normalized spacial score (nSPS) is 14.6. The zero-order valence-electron chi connectivity index (χ0n) is 17.5. The molecule has 0 unspecified atom stereocenters. The lowest BCUT2D eigenvalue weighted by atomic mass is 10.1. The maximum absolute atomic E-state index is 12.8. The van der Waals surface area contributed by atoms with E-state index >= 15 is 0 Å². The zero-order valence-corrected chi connectivity index (χ0v) is 17.5. The maximum Gasteiger partial charge on any atom is 0.316 e. The van der Waals surface area contributed by atoms with E-state index in [0.29, 0.717) is 31.9 Å². The van der Waals surface area contributed by atoms with Crippen LogP contribution in [0.4, 0.5) is 0 Å². The second-order valence-electron chi connectivity index (χ2n) is 7.69. The number of aromatic nitrogens is 5. The van der Waals surface area contributed by atoms with Gasteiger partial charge in [-0.25, -0.2) is 14.6 Å². The number of ether oxygens (including phenoxy) is 1. The standard InChI is InChI=1S/C22H24N6O3/c1-15(2)28-20(29)4-3-19(26-28)21(30)27-11-7-18(8-12-27)31-22-24-13-17(14-25-22)16-5-9-23-10-6-16/h3-6,9-10,13-15,18H,7-8,11-12H2,1-2H3. The average molecular weight is 420 g/mol. The van der Waals surface area contributed by atoms with E-state index < -0.39 is 0 Å². The Labute approximate surface area is 179 Å². The molecule has 3 aromatic heterocycles. The van der Waals surface area contributed by atoms with E-state index in [1.807, 2.05) is 26.0 Å². The van der Waals surface area contributed by atoms with Crippen molar-refractivity contribution in [3.05, 3.63) is 65.1 Å². The van der Waals surface area contributed by atoms with Gasteiger partial charge in [-0.3, -0.25) is 14.6 Å². The van der Waals surface area contributed by atoms with Gasteiger partial charge < -0.3 is 9.64 Å². The number of hydrogen-bond acceptors (Lipinski definition) is 7. The Morgan fingerprint density at radius 1 is 1.03 bits per heavy atom. The Morgan fingerprint density at radius 3 is 2.35 bits per heavy atom. The number of pyridine rings is 1. The van der Waals surface area contributed by atoms with Crippen molar-refractivity contribution < 1.29 is 9.53 Å². The number of carbonyl (C=O) groups excluding carboxylic acids is 1. The molecule has 0 aromatic carbocycles. The summed E-state index contributed by atoms with van der Waals surface area (Å²) in [6.45, 7) is 4.80. The summed E-state index contributed by atoms with van der Waals surface area (Å²) in [7, 11) is 0. The minimum atomic E-state index is -0.214. The largest absolute Gasteiger partial charge is 0.460 e. The highest BCUT2D eigenvalue weighted by molar-refractivity contribution is 5.92. The Morgan fingerprint density at radius 2 is 1.71 bits per heavy atom. The molecule has 0 radical (unpaired) electrons. The fourth-order valence-corrected chi connectivity index (χ4v) is 3.47. The third-order valence-electron chi connectivity index (χ3n) is 5.18. The Balaban J connectivity index is 1.34. The van der Waals surface area contributed by atoms with Gasteiger partial charge in [0.2, 0.25) is 0 Å². The summed E-state index contributed by atoms with van der Waals surface area (Å²) in [5.74, 6) is -0.175. The summed E-state index contributed by atoms with van der Waals surface area (Å²) in [5.41, 5.74) is 1.95. The molecule has 1 aliphatic heterocycles. The van der Waals surface area contributed by atoms with Crippen LogP contribution >= 0.6 is 0 Å². The minimum Gasteiger partial charge on any atom is -0.460 e. The Hall–Kier alpha value is -3.62. The van der Waals surface area contributed by atoms with Crippen molar-refractivity contribution in [3.8, 4) is 17.1 Å². The predicted molar refractivity (Wildman–Crippen MR) is 114 cm³/mol. The molecule has 3 aromatic rings. The van der Waals surface area contributed by atoms with Gasteiger partial charge in [0.25, 0.3) is 11.5 Å². The van der Waals surface area contributed by atoms with Gasteiger partial charge in [0, 0.05) is 62.3 Å². The van der Waals surface area contributed by atoms with Gasteiger partial charge in [-0.05, 0) is 37.6 Å². The van der Waals surface area contributed by atoms with Crippen LogP contribution in [0.15, 0.2) is 53.8 Å². The maximum atomic E-state index is 12.8. The minimum absolute atomic E-state index is 0.0617. The molecule has 1 amide bonds. The molecule has 9 heteroatoms. The summed E-state index contributed by atoms with van der Waals surface area (Å²) in [6, 6.07) is 6.90. The van der Waals surface area contributed by atoms with E-state index in [1.54, 1.807) is 29.7 Å². The van der Waals surface area contributed by atoms with Crippen molar-refractivity contribution in [3.63, 3.8) is 0 Å². The quantitative estimate of drug-likeness (QED) is 0.624. The number of amides is 1. The highest BCUT2D eigenvalue weighted by atomic mass is 16.5. The van der Waals surface area contributed by atoms with Crippen molar-refractivity contribution in [1.29, 1.82) is 0 Å². The van der Waals surface area contributed by atoms with E-state index in [4.69, 9.17) is 4.74 Å². The molecule has 0 bridgehead atoms. The lowest BCUT2D eigenvalue weighted by molar-refractivity contribution is 0.0570. The monoisotopic (exact) mass is 420 g/mol. The fourth-order valence-electron chi connectivity index (χ4n) is 3.47. The van der Waals surface area contributed by atoms with E-state index in [0.717, 1.165) is 11.1 Å². The summed E-state index contributed by atoms with van der Waals surface area (Å²) in [5, 5.41) is 4.22. The number of nitrogens with zero attached hydrogens (tertiary/aromatic N) is 6. The molecular weight excluding hydrogens is 396 g/mol. The molecule has 9 nitrogen and oxygen atoms in total. The average Bonchev–Trinajstić information content (AvgIpc) is 2.80. The van der Waals surface area contributed by atoms with Gasteiger partial charge in [0.1, 0.15) is 11.8 Å². The van der Waals surface area contributed by atoms with Crippen molar-refractivity contribution in [1.82, 2.24) is 29.6 Å². The third kappa shape index (κ3) is 4.76. The van der Waals surface area contributed by atoms with E-state index in [-0.39, 0.29) is 29.3 Å².